The highest BCUT2D eigenvalue weighted by atomic mass is 32.1. The van der Waals surface area contributed by atoms with Crippen molar-refractivity contribution in [2.24, 2.45) is 0 Å². The van der Waals surface area contributed by atoms with Gasteiger partial charge in [-0.1, -0.05) is 30.3 Å². The molecule has 4 rings (SSSR count). The number of carbonyl (C=O) groups excluding carboxylic acids is 2. The van der Waals surface area contributed by atoms with E-state index in [-0.39, 0.29) is 17.2 Å². The van der Waals surface area contributed by atoms with Crippen LogP contribution < -0.4 is 0 Å². The monoisotopic (exact) mass is 402 g/mol. The maximum atomic E-state index is 12.6. The molecule has 2 heterocycles. The number of hydrogen-bond donors (Lipinski definition) is 1. The maximum Gasteiger partial charge on any atom is 0.257 e. The third-order valence-corrected chi connectivity index (χ3v) is 5.62. The summed E-state index contributed by atoms with van der Waals surface area (Å²) in [5.74, 6) is -0.301. The lowest BCUT2D eigenvalue weighted by atomic mass is 9.96. The average molecular weight is 402 g/mol. The fourth-order valence-corrected chi connectivity index (χ4v) is 3.98. The van der Waals surface area contributed by atoms with Crippen LogP contribution in [0, 0.1) is 0 Å². The summed E-state index contributed by atoms with van der Waals surface area (Å²) in [6, 6.07) is 14.8. The molecule has 0 saturated heterocycles. The molecule has 0 aliphatic rings. The van der Waals surface area contributed by atoms with Crippen molar-refractivity contribution in [2.45, 2.75) is 0 Å². The molecule has 0 fully saturated rings. The van der Waals surface area contributed by atoms with Crippen LogP contribution in [0.25, 0.3) is 33.2 Å². The number of rotatable bonds is 4. The largest absolute Gasteiger partial charge is 0.506 e. The molecule has 2 aromatic carbocycles. The summed E-state index contributed by atoms with van der Waals surface area (Å²) in [5, 5.41) is 14.0. The Morgan fingerprint density at radius 3 is 2.45 bits per heavy atom. The first-order chi connectivity index (χ1) is 14.0. The third-order valence-electron chi connectivity index (χ3n) is 4.76. The van der Waals surface area contributed by atoms with Gasteiger partial charge in [-0.3, -0.25) is 14.6 Å². The SMILES string of the molecule is CN(C)C(=O)c1cc(-c2ccc(-c3csc(C=O)c3)cn2)c2ccccc2c1O. The van der Waals surface area contributed by atoms with Gasteiger partial charge in [-0.15, -0.1) is 11.3 Å². The molecule has 0 aliphatic heterocycles. The van der Waals surface area contributed by atoms with Gasteiger partial charge < -0.3 is 10.0 Å². The van der Waals surface area contributed by atoms with E-state index in [1.54, 1.807) is 32.4 Å². The summed E-state index contributed by atoms with van der Waals surface area (Å²) in [6.07, 6.45) is 2.59. The van der Waals surface area contributed by atoms with E-state index in [4.69, 9.17) is 0 Å². The first kappa shape index (κ1) is 18.8. The summed E-state index contributed by atoms with van der Waals surface area (Å²) in [7, 11) is 3.30. The predicted molar refractivity (Wildman–Crippen MR) is 116 cm³/mol. The van der Waals surface area contributed by atoms with Gasteiger partial charge in [0.1, 0.15) is 5.75 Å². The van der Waals surface area contributed by atoms with Crippen LogP contribution in [-0.2, 0) is 0 Å². The van der Waals surface area contributed by atoms with Crippen LogP contribution in [0.2, 0.25) is 0 Å². The van der Waals surface area contributed by atoms with E-state index in [1.165, 1.54) is 16.2 Å². The molecule has 0 radical (unpaired) electrons. The van der Waals surface area contributed by atoms with Gasteiger partial charge in [0.05, 0.1) is 16.1 Å². The van der Waals surface area contributed by atoms with E-state index < -0.39 is 0 Å². The van der Waals surface area contributed by atoms with Gasteiger partial charge in [0, 0.05) is 36.8 Å². The number of pyridine rings is 1. The molecule has 1 amide bonds. The second kappa shape index (κ2) is 7.48. The summed E-state index contributed by atoms with van der Waals surface area (Å²) in [6.45, 7) is 0. The molecule has 0 aliphatic carbocycles. The number of aromatic hydroxyl groups is 1. The number of benzene rings is 2. The Hall–Kier alpha value is -3.51. The van der Waals surface area contributed by atoms with Crippen molar-refractivity contribution in [1.82, 2.24) is 9.88 Å². The Bertz CT molecular complexity index is 1230. The van der Waals surface area contributed by atoms with E-state index in [0.717, 1.165) is 28.4 Å². The minimum absolute atomic E-state index is 0.0284. The molecule has 0 atom stereocenters. The smallest absolute Gasteiger partial charge is 0.257 e. The first-order valence-electron chi connectivity index (χ1n) is 8.96. The zero-order chi connectivity index (χ0) is 20.5. The maximum absolute atomic E-state index is 12.6. The van der Waals surface area contributed by atoms with Gasteiger partial charge in [0.15, 0.2) is 6.29 Å². The van der Waals surface area contributed by atoms with Crippen molar-refractivity contribution < 1.29 is 14.7 Å². The molecule has 0 spiro atoms. The van der Waals surface area contributed by atoms with Crippen LogP contribution >= 0.6 is 11.3 Å². The van der Waals surface area contributed by atoms with Gasteiger partial charge >= 0.3 is 0 Å². The Labute approximate surface area is 171 Å². The highest BCUT2D eigenvalue weighted by Gasteiger charge is 2.19. The minimum atomic E-state index is -0.272. The molecular weight excluding hydrogens is 384 g/mol. The molecule has 6 heteroatoms. The van der Waals surface area contributed by atoms with Crippen molar-refractivity contribution in [2.75, 3.05) is 14.1 Å². The Kier molecular flexibility index (Phi) is 4.86. The van der Waals surface area contributed by atoms with E-state index in [2.05, 4.69) is 4.98 Å². The Morgan fingerprint density at radius 2 is 1.83 bits per heavy atom. The molecule has 5 nitrogen and oxygen atoms in total. The van der Waals surface area contributed by atoms with Crippen molar-refractivity contribution >= 4 is 34.3 Å². The second-order valence-corrected chi connectivity index (χ2v) is 7.80. The number of aldehydes is 1. The molecule has 144 valence electrons. The third kappa shape index (κ3) is 3.39. The van der Waals surface area contributed by atoms with Crippen LogP contribution in [0.5, 0.6) is 5.75 Å². The predicted octanol–water partition coefficient (Wildman–Crippen LogP) is 4.85. The quantitative estimate of drug-likeness (QED) is 0.496. The normalized spacial score (nSPS) is 10.8. The van der Waals surface area contributed by atoms with Gasteiger partial charge in [-0.2, -0.15) is 0 Å². The van der Waals surface area contributed by atoms with Crippen molar-refractivity contribution in [3.8, 4) is 28.1 Å². The Balaban J connectivity index is 1.85. The number of aromatic nitrogens is 1. The van der Waals surface area contributed by atoms with E-state index in [9.17, 15) is 14.7 Å². The zero-order valence-corrected chi connectivity index (χ0v) is 16.7. The lowest BCUT2D eigenvalue weighted by molar-refractivity contribution is 0.0825. The summed E-state index contributed by atoms with van der Waals surface area (Å²) in [5.41, 5.74) is 3.56. The fraction of sp³-hybridized carbons (Fsp3) is 0.0870. The average Bonchev–Trinajstić information content (AvgIpc) is 3.23. The molecular formula is C23H18N2O3S. The molecule has 0 bridgehead atoms. The van der Waals surface area contributed by atoms with Crippen LogP contribution in [0.4, 0.5) is 0 Å². The molecule has 0 saturated carbocycles. The van der Waals surface area contributed by atoms with Crippen LogP contribution in [-0.4, -0.2) is 41.3 Å². The van der Waals surface area contributed by atoms with Gasteiger partial charge in [-0.05, 0) is 34.5 Å². The number of phenols is 1. The van der Waals surface area contributed by atoms with E-state index >= 15 is 0 Å². The molecule has 4 aromatic rings. The van der Waals surface area contributed by atoms with Crippen LogP contribution in [0.1, 0.15) is 20.0 Å². The number of fused-ring (bicyclic) bond motifs is 1. The van der Waals surface area contributed by atoms with Crippen LogP contribution in [0.15, 0.2) is 60.1 Å². The summed E-state index contributed by atoms with van der Waals surface area (Å²) in [4.78, 5) is 30.2. The molecule has 1 N–H and O–H groups in total. The van der Waals surface area contributed by atoms with Crippen molar-refractivity contribution in [1.29, 1.82) is 0 Å². The van der Waals surface area contributed by atoms with Gasteiger partial charge in [-0.25, -0.2) is 0 Å². The molecule has 0 unspecified atom stereocenters. The molecule has 2 aromatic heterocycles. The summed E-state index contributed by atoms with van der Waals surface area (Å²) < 4.78 is 0. The first-order valence-corrected chi connectivity index (χ1v) is 9.84. The topological polar surface area (TPSA) is 70.5 Å². The van der Waals surface area contributed by atoms with Crippen LogP contribution in [0.3, 0.4) is 0 Å². The van der Waals surface area contributed by atoms with E-state index in [0.29, 0.717) is 16.0 Å². The van der Waals surface area contributed by atoms with Gasteiger partial charge in [0.2, 0.25) is 0 Å². The number of carbonyl (C=O) groups is 2. The molecule has 29 heavy (non-hydrogen) atoms. The Morgan fingerprint density at radius 1 is 1.07 bits per heavy atom. The lowest BCUT2D eigenvalue weighted by Crippen LogP contribution is -2.21. The summed E-state index contributed by atoms with van der Waals surface area (Å²) >= 11 is 1.39. The fourth-order valence-electron chi connectivity index (χ4n) is 3.27. The standard InChI is InChI=1S/C23H18N2O3S/c1-25(2)23(28)20-10-19(17-5-3-4-6-18(17)22(20)27)21-8-7-14(11-24-21)15-9-16(12-26)29-13-15/h3-13,27H,1-2H3. The number of phenolic OH excluding ortho intramolecular Hbond substituents is 1. The highest BCUT2D eigenvalue weighted by molar-refractivity contribution is 7.12. The number of amides is 1. The minimum Gasteiger partial charge on any atom is -0.506 e. The number of nitrogens with zero attached hydrogens (tertiary/aromatic N) is 2. The number of hydrogen-bond acceptors (Lipinski definition) is 5. The van der Waals surface area contributed by atoms with E-state index in [1.807, 2.05) is 41.8 Å². The van der Waals surface area contributed by atoms with Crippen molar-refractivity contribution in [3.63, 3.8) is 0 Å². The van der Waals surface area contributed by atoms with Crippen molar-refractivity contribution in [3.05, 3.63) is 70.5 Å². The highest BCUT2D eigenvalue weighted by Crippen LogP contribution is 2.37. The van der Waals surface area contributed by atoms with Gasteiger partial charge in [0.25, 0.3) is 5.91 Å². The lowest BCUT2D eigenvalue weighted by Gasteiger charge is -2.16. The second-order valence-electron chi connectivity index (χ2n) is 6.85. The zero-order valence-electron chi connectivity index (χ0n) is 15.9. The number of thiophene rings is 1.